The molecule has 0 spiro atoms. The minimum atomic E-state index is -1.16. The molecule has 0 aliphatic carbocycles. The zero-order chi connectivity index (χ0) is 29.9. The maximum absolute atomic E-state index is 12.9. The van der Waals surface area contributed by atoms with E-state index in [-0.39, 0.29) is 18.1 Å². The van der Waals surface area contributed by atoms with Gasteiger partial charge in [-0.3, -0.25) is 14.4 Å². The molecule has 42 heavy (non-hydrogen) atoms. The van der Waals surface area contributed by atoms with Crippen molar-refractivity contribution in [3.63, 3.8) is 0 Å². The Morgan fingerprint density at radius 2 is 1.76 bits per heavy atom. The van der Waals surface area contributed by atoms with Crippen molar-refractivity contribution in [2.24, 2.45) is 0 Å². The van der Waals surface area contributed by atoms with Crippen LogP contribution in [0.3, 0.4) is 0 Å². The normalized spacial score (nSPS) is 11.7. The minimum Gasteiger partial charge on any atom is -0.487 e. The number of para-hydroxylation sites is 1. The summed E-state index contributed by atoms with van der Waals surface area (Å²) < 4.78 is 10.3. The first-order valence-corrected chi connectivity index (χ1v) is 16.4. The molecule has 0 saturated carbocycles. The molecule has 0 fully saturated rings. The van der Waals surface area contributed by atoms with Crippen LogP contribution in [0.1, 0.15) is 44.2 Å². The molecular formula is C29H27Cl2N3O5S3. The van der Waals surface area contributed by atoms with Crippen LogP contribution in [-0.4, -0.2) is 44.1 Å². The number of carboxylic acid groups (broad SMARTS) is 1. The van der Waals surface area contributed by atoms with Gasteiger partial charge >= 0.3 is 5.97 Å². The molecule has 8 nitrogen and oxygen atoms in total. The lowest BCUT2D eigenvalue weighted by molar-refractivity contribution is -0.139. The fourth-order valence-electron chi connectivity index (χ4n) is 3.99. The molecule has 2 aromatic carbocycles. The van der Waals surface area contributed by atoms with Crippen LogP contribution >= 0.6 is 57.8 Å². The number of aliphatic carboxylic acids is 1. The summed E-state index contributed by atoms with van der Waals surface area (Å²) in [5, 5.41) is 16.5. The number of amides is 1. The highest BCUT2D eigenvalue weighted by molar-refractivity contribution is 7.99. The standard InChI is InChI=1S/C29H27Cl2N3O5S3/c30-21-10-3-1-7-19(21)16-40-17-24(35)22(14-27(36)37)32-29(38)26-13-12-20(41-26)9-5-8-18-6-2-4-11-25(18)39-15-23-28(31)42-34-33-23/h1-4,6-7,10-13,22H,5,8-9,14-17H2,(H,32,38)(H,36,37). The van der Waals surface area contributed by atoms with Crippen LogP contribution in [0, 0.1) is 0 Å². The van der Waals surface area contributed by atoms with Crippen molar-refractivity contribution in [1.29, 1.82) is 0 Å². The van der Waals surface area contributed by atoms with Crippen LogP contribution in [0.25, 0.3) is 0 Å². The first-order valence-electron chi connectivity index (χ1n) is 12.9. The van der Waals surface area contributed by atoms with Gasteiger partial charge in [-0.05, 0) is 54.7 Å². The number of benzene rings is 2. The third-order valence-corrected chi connectivity index (χ3v) is 9.63. The van der Waals surface area contributed by atoms with Crippen LogP contribution in [0.4, 0.5) is 0 Å². The summed E-state index contributed by atoms with van der Waals surface area (Å²) in [6.45, 7) is 0.237. The SMILES string of the molecule is O=C(O)CC(NC(=O)c1ccc(CCCc2ccccc2OCc2nnsc2Cl)s1)C(=O)CSCc1ccccc1Cl. The third-order valence-electron chi connectivity index (χ3n) is 6.13. The van der Waals surface area contributed by atoms with Gasteiger partial charge < -0.3 is 15.2 Å². The number of nitrogens with zero attached hydrogens (tertiary/aromatic N) is 2. The lowest BCUT2D eigenvalue weighted by atomic mass is 10.1. The van der Waals surface area contributed by atoms with E-state index >= 15 is 0 Å². The van der Waals surface area contributed by atoms with E-state index in [1.165, 1.54) is 23.1 Å². The summed E-state index contributed by atoms with van der Waals surface area (Å²) in [4.78, 5) is 38.6. The van der Waals surface area contributed by atoms with E-state index < -0.39 is 24.3 Å². The van der Waals surface area contributed by atoms with Crippen molar-refractivity contribution >= 4 is 75.5 Å². The number of hydrogen-bond acceptors (Lipinski definition) is 9. The average molecular weight is 665 g/mol. The summed E-state index contributed by atoms with van der Waals surface area (Å²) in [5.74, 6) is -0.663. The molecular weight excluding hydrogens is 637 g/mol. The minimum absolute atomic E-state index is 0.0536. The molecule has 1 unspecified atom stereocenters. The highest BCUT2D eigenvalue weighted by Gasteiger charge is 2.25. The molecule has 4 rings (SSSR count). The number of ether oxygens (including phenoxy) is 1. The highest BCUT2D eigenvalue weighted by atomic mass is 35.5. The third kappa shape index (κ3) is 9.53. The lowest BCUT2D eigenvalue weighted by Crippen LogP contribution is -2.43. The number of rotatable bonds is 16. The maximum atomic E-state index is 12.9. The van der Waals surface area contributed by atoms with Crippen LogP contribution in [0.2, 0.25) is 9.36 Å². The van der Waals surface area contributed by atoms with E-state index in [9.17, 15) is 19.5 Å². The van der Waals surface area contributed by atoms with Crippen LogP contribution in [0.5, 0.6) is 5.75 Å². The van der Waals surface area contributed by atoms with Crippen molar-refractivity contribution in [2.45, 2.75) is 44.1 Å². The molecule has 220 valence electrons. The Morgan fingerprint density at radius 1 is 1.00 bits per heavy atom. The van der Waals surface area contributed by atoms with Gasteiger partial charge in [0.1, 0.15) is 22.4 Å². The smallest absolute Gasteiger partial charge is 0.305 e. The number of aryl methyl sites for hydroxylation is 2. The van der Waals surface area contributed by atoms with Gasteiger partial charge in [-0.1, -0.05) is 64.1 Å². The molecule has 2 aromatic heterocycles. The van der Waals surface area contributed by atoms with E-state index in [1.807, 2.05) is 48.5 Å². The number of carboxylic acids is 1. The maximum Gasteiger partial charge on any atom is 0.305 e. The molecule has 2 heterocycles. The quantitative estimate of drug-likeness (QED) is 0.135. The molecule has 2 N–H and O–H groups in total. The molecule has 1 atom stereocenters. The van der Waals surface area contributed by atoms with E-state index in [1.54, 1.807) is 12.1 Å². The van der Waals surface area contributed by atoms with Gasteiger partial charge in [-0.15, -0.1) is 28.2 Å². The van der Waals surface area contributed by atoms with Crippen molar-refractivity contribution < 1.29 is 24.2 Å². The second-order valence-corrected chi connectivity index (χ2v) is 13.1. The molecule has 0 bridgehead atoms. The molecule has 0 radical (unpaired) electrons. The summed E-state index contributed by atoms with van der Waals surface area (Å²) in [5.41, 5.74) is 2.54. The molecule has 0 aliphatic heterocycles. The lowest BCUT2D eigenvalue weighted by Gasteiger charge is -2.15. The Hall–Kier alpha value is -2.96. The zero-order valence-corrected chi connectivity index (χ0v) is 26.2. The van der Waals surface area contributed by atoms with Crippen molar-refractivity contribution in [3.05, 3.63) is 96.6 Å². The van der Waals surface area contributed by atoms with Gasteiger partial charge in [0, 0.05) is 27.2 Å². The topological polar surface area (TPSA) is 118 Å². The first kappa shape index (κ1) is 32.0. The predicted octanol–water partition coefficient (Wildman–Crippen LogP) is 6.74. The Labute approximate surface area is 265 Å². The van der Waals surface area contributed by atoms with Crippen LogP contribution < -0.4 is 10.1 Å². The zero-order valence-electron chi connectivity index (χ0n) is 22.3. The van der Waals surface area contributed by atoms with Crippen LogP contribution in [-0.2, 0) is 34.8 Å². The largest absolute Gasteiger partial charge is 0.487 e. The summed E-state index contributed by atoms with van der Waals surface area (Å²) in [7, 11) is 0. The number of aromatic nitrogens is 2. The summed E-state index contributed by atoms with van der Waals surface area (Å²) in [6.07, 6.45) is 1.84. The summed E-state index contributed by atoms with van der Waals surface area (Å²) in [6, 6.07) is 17.6. The number of halogens is 2. The van der Waals surface area contributed by atoms with E-state index in [4.69, 9.17) is 27.9 Å². The number of thiophene rings is 1. The molecule has 4 aromatic rings. The average Bonchev–Trinajstić information content (AvgIpc) is 3.61. The fraction of sp³-hybridized carbons (Fsp3) is 0.276. The molecule has 0 aliphatic rings. The van der Waals surface area contributed by atoms with E-state index in [0.29, 0.717) is 25.7 Å². The molecule has 0 saturated heterocycles. The van der Waals surface area contributed by atoms with Crippen molar-refractivity contribution in [2.75, 3.05) is 5.75 Å². The highest BCUT2D eigenvalue weighted by Crippen LogP contribution is 2.26. The summed E-state index contributed by atoms with van der Waals surface area (Å²) >= 11 is 16.0. The number of nitrogens with one attached hydrogen (secondary N) is 1. The van der Waals surface area contributed by atoms with Crippen molar-refractivity contribution in [3.8, 4) is 5.75 Å². The number of carbonyl (C=O) groups excluding carboxylic acids is 2. The molecule has 1 amide bonds. The first-order chi connectivity index (χ1) is 20.3. The van der Waals surface area contributed by atoms with E-state index in [0.717, 1.165) is 52.5 Å². The second-order valence-electron chi connectivity index (χ2n) is 9.18. The Balaban J connectivity index is 1.27. The monoisotopic (exact) mass is 663 g/mol. The molecule has 13 heteroatoms. The Kier molecular flexibility index (Phi) is 12.2. The van der Waals surface area contributed by atoms with Gasteiger partial charge in [0.15, 0.2) is 5.78 Å². The van der Waals surface area contributed by atoms with E-state index in [2.05, 4.69) is 14.9 Å². The Bertz CT molecular complexity index is 1530. The van der Waals surface area contributed by atoms with Crippen molar-refractivity contribution in [1.82, 2.24) is 14.9 Å². The van der Waals surface area contributed by atoms with Crippen LogP contribution in [0.15, 0.2) is 60.7 Å². The number of hydrogen-bond donors (Lipinski definition) is 2. The predicted molar refractivity (Wildman–Crippen MR) is 168 cm³/mol. The van der Waals surface area contributed by atoms with Gasteiger partial charge in [0.2, 0.25) is 0 Å². The van der Waals surface area contributed by atoms with Gasteiger partial charge in [0.05, 0.1) is 23.1 Å². The number of thioether (sulfide) groups is 1. The van der Waals surface area contributed by atoms with Gasteiger partial charge in [-0.25, -0.2) is 0 Å². The fourth-order valence-corrected chi connectivity index (χ4v) is 6.81. The van der Waals surface area contributed by atoms with Gasteiger partial charge in [0.25, 0.3) is 5.91 Å². The van der Waals surface area contributed by atoms with Gasteiger partial charge in [-0.2, -0.15) is 0 Å². The Morgan fingerprint density at radius 3 is 2.50 bits per heavy atom. The number of carbonyl (C=O) groups is 3. The number of Topliss-reactive ketones (excluding diaryl/α,β-unsaturated/α-hetero) is 1. The second kappa shape index (κ2) is 16.0. The number of ketones is 1.